The van der Waals surface area contributed by atoms with Gasteiger partial charge in [0.15, 0.2) is 6.61 Å². The van der Waals surface area contributed by atoms with E-state index >= 15 is 0 Å². The maximum absolute atomic E-state index is 12.0. The smallest absolute Gasteiger partial charge is 0.342 e. The van der Waals surface area contributed by atoms with Crippen LogP contribution in [-0.4, -0.2) is 23.6 Å². The quantitative estimate of drug-likeness (QED) is 0.791. The second kappa shape index (κ2) is 8.33. The van der Waals surface area contributed by atoms with Crippen LogP contribution in [0.3, 0.4) is 0 Å². The largest absolute Gasteiger partial charge is 0.507 e. The van der Waals surface area contributed by atoms with Gasteiger partial charge >= 0.3 is 5.97 Å². The van der Waals surface area contributed by atoms with Gasteiger partial charge in [-0.25, -0.2) is 4.79 Å². The Balaban J connectivity index is 1.87. The lowest BCUT2D eigenvalue weighted by molar-refractivity contribution is -0.124. The van der Waals surface area contributed by atoms with Crippen LogP contribution in [0.25, 0.3) is 0 Å². The Morgan fingerprint density at radius 1 is 1.16 bits per heavy atom. The zero-order valence-corrected chi connectivity index (χ0v) is 14.7. The van der Waals surface area contributed by atoms with Gasteiger partial charge in [0.25, 0.3) is 5.91 Å². The number of benzene rings is 2. The number of phenols is 1. The summed E-state index contributed by atoms with van der Waals surface area (Å²) in [4.78, 5) is 23.9. The molecule has 0 heterocycles. The minimum absolute atomic E-state index is 0.0432. The number of ether oxygens (including phenoxy) is 1. The Morgan fingerprint density at radius 2 is 1.84 bits per heavy atom. The van der Waals surface area contributed by atoms with E-state index in [1.807, 2.05) is 31.2 Å². The van der Waals surface area contributed by atoms with E-state index in [-0.39, 0.29) is 17.4 Å². The summed E-state index contributed by atoms with van der Waals surface area (Å²) in [5.74, 6) is -1.28. The summed E-state index contributed by atoms with van der Waals surface area (Å²) >= 11 is 0. The molecule has 0 spiro atoms. The summed E-state index contributed by atoms with van der Waals surface area (Å²) < 4.78 is 4.97. The average molecular weight is 341 g/mol. The van der Waals surface area contributed by atoms with Crippen LogP contribution in [-0.2, 0) is 16.0 Å². The Hall–Kier alpha value is -2.82. The van der Waals surface area contributed by atoms with Crippen molar-refractivity contribution >= 4 is 11.9 Å². The molecular formula is C20H23NO4. The molecule has 0 aliphatic rings. The lowest BCUT2D eigenvalue weighted by Crippen LogP contribution is -2.31. The normalized spacial score (nSPS) is 11.6. The van der Waals surface area contributed by atoms with Gasteiger partial charge < -0.3 is 15.2 Å². The molecule has 1 atom stereocenters. The molecule has 0 aliphatic heterocycles. The molecule has 0 saturated carbocycles. The second-order valence-corrected chi connectivity index (χ2v) is 5.98. The molecule has 2 N–H and O–H groups in total. The molecule has 1 amide bonds. The predicted octanol–water partition coefficient (Wildman–Crippen LogP) is 3.30. The molecule has 0 aromatic heterocycles. The number of rotatable bonds is 6. The Labute approximate surface area is 147 Å². The highest BCUT2D eigenvalue weighted by atomic mass is 16.5. The first-order chi connectivity index (χ1) is 11.9. The van der Waals surface area contributed by atoms with E-state index in [1.165, 1.54) is 17.7 Å². The van der Waals surface area contributed by atoms with Crippen molar-refractivity contribution in [3.63, 3.8) is 0 Å². The van der Waals surface area contributed by atoms with Crippen molar-refractivity contribution in [1.82, 2.24) is 5.32 Å². The fourth-order valence-corrected chi connectivity index (χ4v) is 2.43. The van der Waals surface area contributed by atoms with Gasteiger partial charge in [0.05, 0.1) is 6.04 Å². The molecule has 0 fully saturated rings. The van der Waals surface area contributed by atoms with Crippen molar-refractivity contribution in [3.8, 4) is 5.75 Å². The molecule has 2 aromatic rings. The fourth-order valence-electron chi connectivity index (χ4n) is 2.43. The maximum Gasteiger partial charge on any atom is 0.342 e. The molecule has 25 heavy (non-hydrogen) atoms. The van der Waals surface area contributed by atoms with Crippen molar-refractivity contribution in [2.45, 2.75) is 33.2 Å². The highest BCUT2D eigenvalue weighted by molar-refractivity contribution is 5.94. The van der Waals surface area contributed by atoms with Crippen LogP contribution in [0.5, 0.6) is 5.75 Å². The number of amides is 1. The first-order valence-electron chi connectivity index (χ1n) is 8.25. The highest BCUT2D eigenvalue weighted by Crippen LogP contribution is 2.19. The van der Waals surface area contributed by atoms with Crippen LogP contribution in [0.15, 0.2) is 42.5 Å². The van der Waals surface area contributed by atoms with E-state index in [9.17, 15) is 14.7 Å². The SMILES string of the molecule is CCc1ccc([C@H](C)NC(=O)COC(=O)c2ccc(C)cc2O)cc1. The van der Waals surface area contributed by atoms with Crippen LogP contribution in [0.1, 0.15) is 46.9 Å². The van der Waals surface area contributed by atoms with Crippen molar-refractivity contribution < 1.29 is 19.4 Å². The van der Waals surface area contributed by atoms with Crippen LogP contribution in [0.2, 0.25) is 0 Å². The summed E-state index contributed by atoms with van der Waals surface area (Å²) in [5.41, 5.74) is 3.08. The number of aryl methyl sites for hydroxylation is 2. The first kappa shape index (κ1) is 18.5. The molecule has 0 bridgehead atoms. The van der Waals surface area contributed by atoms with Crippen LogP contribution in [0, 0.1) is 6.92 Å². The maximum atomic E-state index is 12.0. The van der Waals surface area contributed by atoms with Crippen molar-refractivity contribution in [3.05, 3.63) is 64.7 Å². The predicted molar refractivity (Wildman–Crippen MR) is 95.5 cm³/mol. The van der Waals surface area contributed by atoms with E-state index in [4.69, 9.17) is 4.74 Å². The van der Waals surface area contributed by atoms with Gasteiger partial charge in [0.2, 0.25) is 0 Å². The van der Waals surface area contributed by atoms with Gasteiger partial charge in [0.1, 0.15) is 11.3 Å². The van der Waals surface area contributed by atoms with Gasteiger partial charge in [-0.1, -0.05) is 37.3 Å². The van der Waals surface area contributed by atoms with Gasteiger partial charge in [-0.2, -0.15) is 0 Å². The van der Waals surface area contributed by atoms with E-state index in [0.717, 1.165) is 17.5 Å². The number of hydrogen-bond donors (Lipinski definition) is 2. The lowest BCUT2D eigenvalue weighted by Gasteiger charge is -2.15. The number of nitrogens with one attached hydrogen (secondary N) is 1. The zero-order chi connectivity index (χ0) is 18.4. The zero-order valence-electron chi connectivity index (χ0n) is 14.7. The van der Waals surface area contributed by atoms with Crippen molar-refractivity contribution in [1.29, 1.82) is 0 Å². The van der Waals surface area contributed by atoms with Crippen LogP contribution in [0.4, 0.5) is 0 Å². The molecule has 0 saturated heterocycles. The summed E-state index contributed by atoms with van der Waals surface area (Å²) in [7, 11) is 0. The van der Waals surface area contributed by atoms with Gasteiger partial charge in [-0.15, -0.1) is 0 Å². The van der Waals surface area contributed by atoms with E-state index in [1.54, 1.807) is 13.0 Å². The molecule has 2 aromatic carbocycles. The average Bonchev–Trinajstić information content (AvgIpc) is 2.59. The molecule has 5 heteroatoms. The number of hydrogen-bond acceptors (Lipinski definition) is 4. The number of esters is 1. The summed E-state index contributed by atoms with van der Waals surface area (Å²) in [6.45, 7) is 5.35. The minimum atomic E-state index is -0.729. The number of carbonyl (C=O) groups excluding carboxylic acids is 2. The molecule has 0 aliphatic carbocycles. The van der Waals surface area contributed by atoms with Gasteiger partial charge in [0, 0.05) is 0 Å². The molecule has 132 valence electrons. The third kappa shape index (κ3) is 5.08. The van der Waals surface area contributed by atoms with Crippen LogP contribution < -0.4 is 5.32 Å². The monoisotopic (exact) mass is 341 g/mol. The summed E-state index contributed by atoms with van der Waals surface area (Å²) in [5, 5.41) is 12.5. The second-order valence-electron chi connectivity index (χ2n) is 5.98. The van der Waals surface area contributed by atoms with E-state index in [2.05, 4.69) is 12.2 Å². The number of phenolic OH excluding ortho intramolecular Hbond substituents is 1. The van der Waals surface area contributed by atoms with Crippen LogP contribution >= 0.6 is 0 Å². The fraction of sp³-hybridized carbons (Fsp3) is 0.300. The van der Waals surface area contributed by atoms with Crippen molar-refractivity contribution in [2.24, 2.45) is 0 Å². The molecule has 5 nitrogen and oxygen atoms in total. The Bertz CT molecular complexity index is 753. The topological polar surface area (TPSA) is 75.6 Å². The molecule has 0 unspecified atom stereocenters. The summed E-state index contributed by atoms with van der Waals surface area (Å²) in [6, 6.07) is 12.4. The molecular weight excluding hydrogens is 318 g/mol. The third-order valence-corrected chi connectivity index (χ3v) is 3.97. The minimum Gasteiger partial charge on any atom is -0.507 e. The molecule has 2 rings (SSSR count). The first-order valence-corrected chi connectivity index (χ1v) is 8.25. The van der Waals surface area contributed by atoms with Gasteiger partial charge in [-0.3, -0.25) is 4.79 Å². The lowest BCUT2D eigenvalue weighted by atomic mass is 10.1. The summed E-state index contributed by atoms with van der Waals surface area (Å²) in [6.07, 6.45) is 0.961. The third-order valence-electron chi connectivity index (χ3n) is 3.97. The van der Waals surface area contributed by atoms with E-state index in [0.29, 0.717) is 0 Å². The number of aromatic hydroxyl groups is 1. The Morgan fingerprint density at radius 3 is 2.44 bits per heavy atom. The van der Waals surface area contributed by atoms with Gasteiger partial charge in [-0.05, 0) is 49.1 Å². The molecule has 0 radical (unpaired) electrons. The van der Waals surface area contributed by atoms with Crippen molar-refractivity contribution in [2.75, 3.05) is 6.61 Å². The standard InChI is InChI=1S/C20H23NO4/c1-4-15-6-8-16(9-7-15)14(3)21-19(23)12-25-20(24)17-10-5-13(2)11-18(17)22/h5-11,14,22H,4,12H2,1-3H3,(H,21,23)/t14-/m0/s1. The Kier molecular flexibility index (Phi) is 6.17. The van der Waals surface area contributed by atoms with E-state index < -0.39 is 18.5 Å². The number of carbonyl (C=O) groups is 2. The highest BCUT2D eigenvalue weighted by Gasteiger charge is 2.15.